The van der Waals surface area contributed by atoms with Gasteiger partial charge in [0.2, 0.25) is 0 Å². The SMILES string of the molecule is CC#CCCC(F)c1cccc2c1NCC2. The molecule has 2 rings (SSSR count). The van der Waals surface area contributed by atoms with Gasteiger partial charge in [-0.2, -0.15) is 0 Å². The van der Waals surface area contributed by atoms with E-state index >= 15 is 0 Å². The number of halogens is 1. The number of para-hydroxylation sites is 1. The lowest BCUT2D eigenvalue weighted by Gasteiger charge is -2.12. The van der Waals surface area contributed by atoms with E-state index in [1.54, 1.807) is 6.92 Å². The van der Waals surface area contributed by atoms with Crippen LogP contribution in [0.15, 0.2) is 18.2 Å². The second-order valence-corrected chi connectivity index (χ2v) is 3.99. The number of benzene rings is 1. The molecule has 0 saturated heterocycles. The van der Waals surface area contributed by atoms with Gasteiger partial charge in [0, 0.05) is 24.2 Å². The summed E-state index contributed by atoms with van der Waals surface area (Å²) in [5, 5.41) is 3.26. The molecule has 16 heavy (non-hydrogen) atoms. The Morgan fingerprint density at radius 3 is 3.19 bits per heavy atom. The van der Waals surface area contributed by atoms with Crippen LogP contribution in [0.25, 0.3) is 0 Å². The van der Waals surface area contributed by atoms with Gasteiger partial charge < -0.3 is 5.32 Å². The minimum absolute atomic E-state index is 0.485. The summed E-state index contributed by atoms with van der Waals surface area (Å²) in [5.74, 6) is 5.70. The van der Waals surface area contributed by atoms with Crippen molar-refractivity contribution in [1.29, 1.82) is 0 Å². The lowest BCUT2D eigenvalue weighted by atomic mass is 10.0. The first-order chi connectivity index (χ1) is 7.83. The van der Waals surface area contributed by atoms with Crippen molar-refractivity contribution in [2.24, 2.45) is 0 Å². The lowest BCUT2D eigenvalue weighted by Crippen LogP contribution is -1.99. The number of hydrogen-bond acceptors (Lipinski definition) is 1. The Labute approximate surface area is 96.1 Å². The van der Waals surface area contributed by atoms with Crippen molar-refractivity contribution in [2.75, 3.05) is 11.9 Å². The molecule has 1 N–H and O–H groups in total. The molecule has 0 amide bonds. The third-order valence-corrected chi connectivity index (χ3v) is 2.92. The number of nitrogens with one attached hydrogen (secondary N) is 1. The maximum absolute atomic E-state index is 14.0. The van der Waals surface area contributed by atoms with Crippen molar-refractivity contribution in [1.82, 2.24) is 0 Å². The third-order valence-electron chi connectivity index (χ3n) is 2.92. The summed E-state index contributed by atoms with van der Waals surface area (Å²) >= 11 is 0. The molecule has 0 fully saturated rings. The van der Waals surface area contributed by atoms with E-state index in [4.69, 9.17) is 0 Å². The number of anilines is 1. The van der Waals surface area contributed by atoms with Gasteiger partial charge in [-0.25, -0.2) is 4.39 Å². The Hall–Kier alpha value is -1.49. The Kier molecular flexibility index (Phi) is 3.46. The minimum Gasteiger partial charge on any atom is -0.384 e. The van der Waals surface area contributed by atoms with Gasteiger partial charge in [-0.3, -0.25) is 0 Å². The number of fused-ring (bicyclic) bond motifs is 1. The second-order valence-electron chi connectivity index (χ2n) is 3.99. The summed E-state index contributed by atoms with van der Waals surface area (Å²) in [6.07, 6.45) is 1.21. The van der Waals surface area contributed by atoms with Gasteiger partial charge in [-0.1, -0.05) is 18.2 Å². The Balaban J connectivity index is 2.13. The second kappa shape index (κ2) is 5.03. The molecule has 84 valence electrons. The average Bonchev–Trinajstić information content (AvgIpc) is 2.76. The van der Waals surface area contributed by atoms with Crippen LogP contribution in [0.3, 0.4) is 0 Å². The fourth-order valence-corrected chi connectivity index (χ4v) is 2.11. The molecule has 0 spiro atoms. The first kappa shape index (κ1) is 11.0. The number of rotatable bonds is 3. The summed E-state index contributed by atoms with van der Waals surface area (Å²) in [5.41, 5.74) is 3.05. The van der Waals surface area contributed by atoms with Crippen LogP contribution in [0.2, 0.25) is 0 Å². The minimum atomic E-state index is -0.901. The average molecular weight is 217 g/mol. The van der Waals surface area contributed by atoms with Crippen molar-refractivity contribution in [3.63, 3.8) is 0 Å². The molecule has 0 radical (unpaired) electrons. The molecular formula is C14H16FN. The Morgan fingerprint density at radius 2 is 2.38 bits per heavy atom. The highest BCUT2D eigenvalue weighted by molar-refractivity contribution is 5.61. The molecule has 0 aromatic heterocycles. The van der Waals surface area contributed by atoms with Crippen LogP contribution in [-0.4, -0.2) is 6.54 Å². The topological polar surface area (TPSA) is 12.0 Å². The van der Waals surface area contributed by atoms with Crippen molar-refractivity contribution >= 4 is 5.69 Å². The van der Waals surface area contributed by atoms with Crippen LogP contribution in [0.4, 0.5) is 10.1 Å². The van der Waals surface area contributed by atoms with Crippen LogP contribution in [0.1, 0.15) is 37.1 Å². The standard InChI is InChI=1S/C14H16FN/c1-2-3-4-8-13(15)12-7-5-6-11-9-10-16-14(11)12/h5-7,13,16H,4,8-10H2,1H3. The maximum atomic E-state index is 14.0. The number of alkyl halides is 1. The molecule has 1 aliphatic heterocycles. The quantitative estimate of drug-likeness (QED) is 0.764. The fraction of sp³-hybridized carbons (Fsp3) is 0.429. The van der Waals surface area contributed by atoms with E-state index in [1.807, 2.05) is 12.1 Å². The summed E-state index contributed by atoms with van der Waals surface area (Å²) in [6.45, 7) is 2.71. The predicted octanol–water partition coefficient (Wildman–Crippen LogP) is 3.47. The molecule has 1 aromatic rings. The summed E-state index contributed by atoms with van der Waals surface area (Å²) < 4.78 is 14.0. The molecule has 1 nitrogen and oxygen atoms in total. The summed E-state index contributed by atoms with van der Waals surface area (Å²) in [7, 11) is 0. The van der Waals surface area contributed by atoms with E-state index in [0.29, 0.717) is 12.8 Å². The van der Waals surface area contributed by atoms with E-state index in [-0.39, 0.29) is 0 Å². The monoisotopic (exact) mass is 217 g/mol. The third kappa shape index (κ3) is 2.19. The molecular weight excluding hydrogens is 201 g/mol. The highest BCUT2D eigenvalue weighted by Crippen LogP contribution is 2.34. The molecule has 1 aliphatic rings. The molecule has 1 atom stereocenters. The molecule has 0 bridgehead atoms. The van der Waals surface area contributed by atoms with Crippen molar-refractivity contribution < 1.29 is 4.39 Å². The fourth-order valence-electron chi connectivity index (χ4n) is 2.11. The molecule has 2 heteroatoms. The van der Waals surface area contributed by atoms with Crippen molar-refractivity contribution in [2.45, 2.75) is 32.4 Å². The first-order valence-corrected chi connectivity index (χ1v) is 5.72. The van der Waals surface area contributed by atoms with Gasteiger partial charge >= 0.3 is 0 Å². The van der Waals surface area contributed by atoms with Gasteiger partial charge in [0.1, 0.15) is 6.17 Å². The summed E-state index contributed by atoms with van der Waals surface area (Å²) in [6, 6.07) is 5.89. The smallest absolute Gasteiger partial charge is 0.128 e. The zero-order valence-electron chi connectivity index (χ0n) is 9.52. The molecule has 0 aliphatic carbocycles. The van der Waals surface area contributed by atoms with Gasteiger partial charge in [-0.15, -0.1) is 11.8 Å². The number of hydrogen-bond donors (Lipinski definition) is 1. The van der Waals surface area contributed by atoms with Gasteiger partial charge in [0.25, 0.3) is 0 Å². The van der Waals surface area contributed by atoms with Gasteiger partial charge in [-0.05, 0) is 25.3 Å². The van der Waals surface area contributed by atoms with Crippen molar-refractivity contribution in [3.8, 4) is 11.8 Å². The molecule has 1 heterocycles. The van der Waals surface area contributed by atoms with E-state index in [0.717, 1.165) is 24.2 Å². The molecule has 1 unspecified atom stereocenters. The van der Waals surface area contributed by atoms with E-state index in [2.05, 4.69) is 23.2 Å². The van der Waals surface area contributed by atoms with Crippen molar-refractivity contribution in [3.05, 3.63) is 29.3 Å². The van der Waals surface area contributed by atoms with Gasteiger partial charge in [0.05, 0.1) is 0 Å². The van der Waals surface area contributed by atoms with E-state index in [1.165, 1.54) is 5.56 Å². The normalized spacial score (nSPS) is 14.6. The first-order valence-electron chi connectivity index (χ1n) is 5.72. The van der Waals surface area contributed by atoms with Crippen LogP contribution < -0.4 is 5.32 Å². The van der Waals surface area contributed by atoms with Crippen LogP contribution >= 0.6 is 0 Å². The Bertz CT molecular complexity index is 428. The predicted molar refractivity (Wildman–Crippen MR) is 65.2 cm³/mol. The molecule has 1 aromatic carbocycles. The van der Waals surface area contributed by atoms with Crippen LogP contribution in [0, 0.1) is 11.8 Å². The highest BCUT2D eigenvalue weighted by atomic mass is 19.1. The maximum Gasteiger partial charge on any atom is 0.128 e. The van der Waals surface area contributed by atoms with E-state index < -0.39 is 6.17 Å². The summed E-state index contributed by atoms with van der Waals surface area (Å²) in [4.78, 5) is 0. The van der Waals surface area contributed by atoms with Crippen LogP contribution in [0.5, 0.6) is 0 Å². The van der Waals surface area contributed by atoms with Gasteiger partial charge in [0.15, 0.2) is 0 Å². The zero-order chi connectivity index (χ0) is 11.4. The largest absolute Gasteiger partial charge is 0.384 e. The zero-order valence-corrected chi connectivity index (χ0v) is 9.52. The van der Waals surface area contributed by atoms with Crippen LogP contribution in [-0.2, 0) is 6.42 Å². The lowest BCUT2D eigenvalue weighted by molar-refractivity contribution is 0.328. The highest BCUT2D eigenvalue weighted by Gasteiger charge is 2.19. The molecule has 0 saturated carbocycles. The van der Waals surface area contributed by atoms with E-state index in [9.17, 15) is 4.39 Å². The Morgan fingerprint density at radius 1 is 1.50 bits per heavy atom.